The number of furan rings is 1. The number of rotatable bonds is 6. The van der Waals surface area contributed by atoms with Crippen LogP contribution in [-0.2, 0) is 0 Å². The van der Waals surface area contributed by atoms with E-state index in [0.717, 1.165) is 50.1 Å². The standard InChI is InChI=1S/C52H34N2O/c1-3-12-35(13-4-1)36-22-26-40(27-23-36)53(42-30-31-45-44-17-7-9-20-49(44)54(50(45)33-42)39-15-5-2-6-16-39)41-28-24-37(25-29-41)43-19-11-14-38-32-52-48(34-47(38)43)46-18-8-10-21-51(46)55-52/h1-34H. The molecule has 11 aromatic rings. The third-order valence-corrected chi connectivity index (χ3v) is 11.0. The molecular weight excluding hydrogens is 669 g/mol. The smallest absolute Gasteiger partial charge is 0.136 e. The summed E-state index contributed by atoms with van der Waals surface area (Å²) < 4.78 is 8.62. The molecule has 0 N–H and O–H groups in total. The number of hydrogen-bond acceptors (Lipinski definition) is 2. The van der Waals surface area contributed by atoms with Crippen LogP contribution in [0.4, 0.5) is 17.1 Å². The Hall–Kier alpha value is -7.36. The molecule has 0 amide bonds. The lowest BCUT2D eigenvalue weighted by Gasteiger charge is -2.26. The number of para-hydroxylation sites is 3. The molecule has 11 rings (SSSR count). The van der Waals surface area contributed by atoms with E-state index in [1.165, 1.54) is 49.4 Å². The Kier molecular flexibility index (Phi) is 7.17. The molecule has 0 spiro atoms. The molecule has 3 nitrogen and oxygen atoms in total. The van der Waals surface area contributed by atoms with Crippen LogP contribution in [-0.4, -0.2) is 4.57 Å². The summed E-state index contributed by atoms with van der Waals surface area (Å²) in [7, 11) is 0. The van der Waals surface area contributed by atoms with Crippen molar-refractivity contribution < 1.29 is 4.42 Å². The molecule has 0 aliphatic carbocycles. The third kappa shape index (κ3) is 5.20. The third-order valence-electron chi connectivity index (χ3n) is 11.0. The molecule has 0 bridgehead atoms. The summed E-state index contributed by atoms with van der Waals surface area (Å²) >= 11 is 0. The molecule has 0 saturated heterocycles. The van der Waals surface area contributed by atoms with Crippen LogP contribution in [0.5, 0.6) is 0 Å². The van der Waals surface area contributed by atoms with Crippen molar-refractivity contribution in [1.29, 1.82) is 0 Å². The normalized spacial score (nSPS) is 11.6. The molecule has 258 valence electrons. The number of anilines is 3. The van der Waals surface area contributed by atoms with Gasteiger partial charge in [-0.15, -0.1) is 0 Å². The first-order chi connectivity index (χ1) is 27.3. The predicted molar refractivity (Wildman–Crippen MR) is 231 cm³/mol. The lowest BCUT2D eigenvalue weighted by atomic mass is 9.96. The summed E-state index contributed by atoms with van der Waals surface area (Å²) in [6.07, 6.45) is 0. The Bertz CT molecular complexity index is 3180. The highest BCUT2D eigenvalue weighted by Crippen LogP contribution is 2.42. The highest BCUT2D eigenvalue weighted by Gasteiger charge is 2.18. The summed E-state index contributed by atoms with van der Waals surface area (Å²) in [6.45, 7) is 0. The van der Waals surface area contributed by atoms with E-state index in [0.29, 0.717) is 0 Å². The minimum atomic E-state index is 0.915. The van der Waals surface area contributed by atoms with Gasteiger partial charge in [-0.1, -0.05) is 133 Å². The molecule has 2 heterocycles. The van der Waals surface area contributed by atoms with Gasteiger partial charge in [-0.2, -0.15) is 0 Å². The van der Waals surface area contributed by atoms with Crippen LogP contribution in [0.3, 0.4) is 0 Å². The summed E-state index contributed by atoms with van der Waals surface area (Å²) in [4.78, 5) is 2.37. The molecule has 0 saturated carbocycles. The van der Waals surface area contributed by atoms with Crippen LogP contribution in [0.1, 0.15) is 0 Å². The van der Waals surface area contributed by atoms with Crippen molar-refractivity contribution in [3.63, 3.8) is 0 Å². The Morgan fingerprint density at radius 1 is 0.345 bits per heavy atom. The van der Waals surface area contributed by atoms with Gasteiger partial charge in [0.1, 0.15) is 11.2 Å². The van der Waals surface area contributed by atoms with E-state index < -0.39 is 0 Å². The molecule has 9 aromatic carbocycles. The first kappa shape index (κ1) is 31.2. The van der Waals surface area contributed by atoms with E-state index >= 15 is 0 Å². The SMILES string of the molecule is c1ccc(-c2ccc(N(c3ccc(-c4cccc5cc6oc7ccccc7c6cc45)cc3)c3ccc4c5ccccc5n(-c5ccccc5)c4c3)cc2)cc1. The van der Waals surface area contributed by atoms with Crippen LogP contribution in [0, 0.1) is 0 Å². The number of aromatic nitrogens is 1. The number of fused-ring (bicyclic) bond motifs is 7. The van der Waals surface area contributed by atoms with Crippen molar-refractivity contribution in [3.05, 3.63) is 206 Å². The zero-order valence-corrected chi connectivity index (χ0v) is 29.9. The highest BCUT2D eigenvalue weighted by atomic mass is 16.3. The van der Waals surface area contributed by atoms with Gasteiger partial charge in [-0.25, -0.2) is 0 Å². The Morgan fingerprint density at radius 3 is 1.75 bits per heavy atom. The number of benzene rings is 9. The second-order valence-corrected chi connectivity index (χ2v) is 14.2. The van der Waals surface area contributed by atoms with Crippen molar-refractivity contribution in [2.24, 2.45) is 0 Å². The average molecular weight is 703 g/mol. The number of nitrogens with zero attached hydrogens (tertiary/aromatic N) is 2. The van der Waals surface area contributed by atoms with E-state index in [9.17, 15) is 0 Å². The van der Waals surface area contributed by atoms with Gasteiger partial charge in [0.05, 0.1) is 11.0 Å². The topological polar surface area (TPSA) is 21.3 Å². The summed E-state index contributed by atoms with van der Waals surface area (Å²) in [5.74, 6) is 0. The van der Waals surface area contributed by atoms with Gasteiger partial charge in [0, 0.05) is 44.3 Å². The summed E-state index contributed by atoms with van der Waals surface area (Å²) in [5, 5.41) is 7.12. The molecule has 0 atom stereocenters. The second-order valence-electron chi connectivity index (χ2n) is 14.2. The fraction of sp³-hybridized carbons (Fsp3) is 0. The summed E-state index contributed by atoms with van der Waals surface area (Å²) in [6, 6.07) is 74.0. The first-order valence-corrected chi connectivity index (χ1v) is 18.8. The Labute approximate surface area is 318 Å². The highest BCUT2D eigenvalue weighted by molar-refractivity contribution is 6.13. The van der Waals surface area contributed by atoms with Gasteiger partial charge in [0.2, 0.25) is 0 Å². The van der Waals surface area contributed by atoms with Gasteiger partial charge in [0.25, 0.3) is 0 Å². The molecule has 0 radical (unpaired) electrons. The maximum atomic E-state index is 6.23. The van der Waals surface area contributed by atoms with Gasteiger partial charge < -0.3 is 13.9 Å². The van der Waals surface area contributed by atoms with E-state index in [4.69, 9.17) is 4.42 Å². The van der Waals surface area contributed by atoms with E-state index in [1.54, 1.807) is 0 Å². The Balaban J connectivity index is 1.07. The fourth-order valence-corrected chi connectivity index (χ4v) is 8.37. The van der Waals surface area contributed by atoms with Gasteiger partial charge in [-0.3, -0.25) is 0 Å². The van der Waals surface area contributed by atoms with Crippen molar-refractivity contribution in [2.75, 3.05) is 4.90 Å². The van der Waals surface area contributed by atoms with Gasteiger partial charge >= 0.3 is 0 Å². The predicted octanol–water partition coefficient (Wildman–Crippen LogP) is 14.6. The zero-order valence-electron chi connectivity index (χ0n) is 29.9. The molecule has 0 fully saturated rings. The van der Waals surface area contributed by atoms with E-state index in [-0.39, 0.29) is 0 Å². The molecule has 3 heteroatoms. The van der Waals surface area contributed by atoms with Crippen molar-refractivity contribution in [3.8, 4) is 27.9 Å². The van der Waals surface area contributed by atoms with Crippen LogP contribution in [0.25, 0.3) is 82.5 Å². The van der Waals surface area contributed by atoms with Crippen LogP contribution < -0.4 is 4.90 Å². The fourth-order valence-electron chi connectivity index (χ4n) is 8.37. The van der Waals surface area contributed by atoms with Crippen molar-refractivity contribution >= 4 is 71.6 Å². The molecule has 0 unspecified atom stereocenters. The van der Waals surface area contributed by atoms with Crippen LogP contribution in [0.15, 0.2) is 211 Å². The second kappa shape index (κ2) is 12.6. The molecule has 55 heavy (non-hydrogen) atoms. The lowest BCUT2D eigenvalue weighted by Crippen LogP contribution is -2.10. The maximum Gasteiger partial charge on any atom is 0.136 e. The largest absolute Gasteiger partial charge is 0.456 e. The van der Waals surface area contributed by atoms with Gasteiger partial charge in [-0.05, 0) is 106 Å². The van der Waals surface area contributed by atoms with Gasteiger partial charge in [0.15, 0.2) is 0 Å². The molecule has 0 aliphatic heterocycles. The molecule has 0 aliphatic rings. The maximum absolute atomic E-state index is 6.23. The average Bonchev–Trinajstić information content (AvgIpc) is 3.79. The van der Waals surface area contributed by atoms with Crippen LogP contribution in [0.2, 0.25) is 0 Å². The van der Waals surface area contributed by atoms with Crippen LogP contribution >= 0.6 is 0 Å². The minimum Gasteiger partial charge on any atom is -0.456 e. The quantitative estimate of drug-likeness (QED) is 0.172. The van der Waals surface area contributed by atoms with Crippen molar-refractivity contribution in [1.82, 2.24) is 4.57 Å². The molecular formula is C52H34N2O. The summed E-state index contributed by atoms with van der Waals surface area (Å²) in [5.41, 5.74) is 13.4. The minimum absolute atomic E-state index is 0.915. The Morgan fingerprint density at radius 2 is 0.964 bits per heavy atom. The lowest BCUT2D eigenvalue weighted by molar-refractivity contribution is 0.669. The zero-order chi connectivity index (χ0) is 36.3. The monoisotopic (exact) mass is 702 g/mol. The first-order valence-electron chi connectivity index (χ1n) is 18.8. The van der Waals surface area contributed by atoms with Crippen molar-refractivity contribution in [2.45, 2.75) is 0 Å². The molecule has 2 aromatic heterocycles. The van der Waals surface area contributed by atoms with E-state index in [2.05, 4.69) is 204 Å². The van der Waals surface area contributed by atoms with E-state index in [1.807, 2.05) is 12.1 Å². The number of hydrogen-bond donors (Lipinski definition) is 0.